The molecular weight excluding hydrogens is 266 g/mol. The fourth-order valence-corrected chi connectivity index (χ4v) is 3.98. The summed E-state index contributed by atoms with van der Waals surface area (Å²) in [5.41, 5.74) is 6.37. The molecule has 1 aromatic rings. The molecule has 0 atom stereocenters. The fraction of sp³-hybridized carbons (Fsp3) is 0.636. The van der Waals surface area contributed by atoms with Gasteiger partial charge in [0.2, 0.25) is 10.0 Å². The minimum Gasteiger partial charge on any atom is -0.387 e. The lowest BCUT2D eigenvalue weighted by atomic mass is 10.4. The van der Waals surface area contributed by atoms with E-state index in [2.05, 4.69) is 5.10 Å². The summed E-state index contributed by atoms with van der Waals surface area (Å²) in [6.07, 6.45) is 0. The van der Waals surface area contributed by atoms with Crippen LogP contribution in [0.1, 0.15) is 25.2 Å². The molecular formula is C11H21N5O2S. The van der Waals surface area contributed by atoms with Crippen LogP contribution in [0.3, 0.4) is 0 Å². The molecule has 0 aliphatic heterocycles. The third-order valence-corrected chi connectivity index (χ3v) is 5.19. The molecule has 108 valence electrons. The highest BCUT2D eigenvalue weighted by molar-refractivity contribution is 7.89. The first kappa shape index (κ1) is 15.6. The lowest BCUT2D eigenvalue weighted by molar-refractivity contribution is 0.388. The predicted octanol–water partition coefficient (Wildman–Crippen LogP) is 0.372. The van der Waals surface area contributed by atoms with E-state index >= 15 is 0 Å². The van der Waals surface area contributed by atoms with Crippen LogP contribution in [0.15, 0.2) is 4.90 Å². The molecule has 0 aliphatic carbocycles. The van der Waals surface area contributed by atoms with Crippen molar-refractivity contribution in [2.75, 3.05) is 6.54 Å². The van der Waals surface area contributed by atoms with Gasteiger partial charge in [-0.2, -0.15) is 9.40 Å². The number of hydrogen-bond acceptors (Lipinski definition) is 4. The number of aryl methyl sites for hydroxylation is 2. The monoisotopic (exact) mass is 287 g/mol. The van der Waals surface area contributed by atoms with Gasteiger partial charge in [-0.15, -0.1) is 0 Å². The maximum absolute atomic E-state index is 12.7. The van der Waals surface area contributed by atoms with Crippen molar-refractivity contribution >= 4 is 15.9 Å². The number of rotatable bonds is 5. The van der Waals surface area contributed by atoms with Gasteiger partial charge in [-0.1, -0.05) is 0 Å². The van der Waals surface area contributed by atoms with Crippen molar-refractivity contribution in [2.45, 2.75) is 38.6 Å². The summed E-state index contributed by atoms with van der Waals surface area (Å²) < 4.78 is 28.1. The number of nitrogens with one attached hydrogen (secondary N) is 1. The molecule has 0 fully saturated rings. The topological polar surface area (TPSA) is 105 Å². The molecule has 3 N–H and O–H groups in total. The SMILES string of the molecule is Cc1nn(C)c(C)c1S(=O)(=O)N(CC(=N)N)C(C)C. The maximum atomic E-state index is 12.7. The van der Waals surface area contributed by atoms with Crippen molar-refractivity contribution in [1.82, 2.24) is 14.1 Å². The zero-order chi connectivity index (χ0) is 15.0. The molecule has 1 rings (SSSR count). The van der Waals surface area contributed by atoms with Crippen molar-refractivity contribution in [3.05, 3.63) is 11.4 Å². The lowest BCUT2D eigenvalue weighted by Crippen LogP contribution is -2.42. The standard InChI is InChI=1S/C11H21N5O2S/c1-7(2)16(6-10(12)13)19(17,18)11-8(3)14-15(5)9(11)4/h7H,6H2,1-5H3,(H3,12,13). The van der Waals surface area contributed by atoms with Gasteiger partial charge in [0.05, 0.1) is 17.9 Å². The second-order valence-electron chi connectivity index (χ2n) is 4.79. The Morgan fingerprint density at radius 3 is 2.32 bits per heavy atom. The van der Waals surface area contributed by atoms with E-state index in [0.29, 0.717) is 11.4 Å². The Labute approximate surface area is 114 Å². The molecule has 19 heavy (non-hydrogen) atoms. The molecule has 1 aromatic heterocycles. The summed E-state index contributed by atoms with van der Waals surface area (Å²) in [6, 6.07) is -0.284. The number of nitrogens with zero attached hydrogens (tertiary/aromatic N) is 3. The van der Waals surface area contributed by atoms with Crippen molar-refractivity contribution in [2.24, 2.45) is 12.8 Å². The first-order valence-corrected chi connectivity index (χ1v) is 7.38. The van der Waals surface area contributed by atoms with Crippen LogP contribution in [0.25, 0.3) is 0 Å². The molecule has 0 saturated carbocycles. The van der Waals surface area contributed by atoms with Gasteiger partial charge in [0.1, 0.15) is 10.7 Å². The average Bonchev–Trinajstić information content (AvgIpc) is 2.49. The van der Waals surface area contributed by atoms with Crippen LogP contribution in [0.2, 0.25) is 0 Å². The lowest BCUT2D eigenvalue weighted by Gasteiger charge is -2.25. The molecule has 7 nitrogen and oxygen atoms in total. The van der Waals surface area contributed by atoms with E-state index in [1.807, 2.05) is 0 Å². The Morgan fingerprint density at radius 1 is 1.47 bits per heavy atom. The van der Waals surface area contributed by atoms with Gasteiger partial charge in [-0.05, 0) is 27.7 Å². The van der Waals surface area contributed by atoms with Gasteiger partial charge in [0.25, 0.3) is 0 Å². The van der Waals surface area contributed by atoms with Crippen LogP contribution in [0.4, 0.5) is 0 Å². The fourth-order valence-electron chi connectivity index (χ4n) is 1.96. The van der Waals surface area contributed by atoms with Crippen LogP contribution in [-0.2, 0) is 17.1 Å². The van der Waals surface area contributed by atoms with E-state index < -0.39 is 10.0 Å². The summed E-state index contributed by atoms with van der Waals surface area (Å²) in [4.78, 5) is 0.199. The van der Waals surface area contributed by atoms with E-state index in [4.69, 9.17) is 11.1 Å². The van der Waals surface area contributed by atoms with Crippen molar-refractivity contribution in [3.8, 4) is 0 Å². The van der Waals surface area contributed by atoms with Gasteiger partial charge in [-0.3, -0.25) is 10.1 Å². The Kier molecular flexibility index (Phi) is 4.36. The van der Waals surface area contributed by atoms with Gasteiger partial charge in [0.15, 0.2) is 0 Å². The highest BCUT2D eigenvalue weighted by atomic mass is 32.2. The van der Waals surface area contributed by atoms with Crippen molar-refractivity contribution in [3.63, 3.8) is 0 Å². The molecule has 0 radical (unpaired) electrons. The van der Waals surface area contributed by atoms with E-state index in [-0.39, 0.29) is 23.3 Å². The number of amidine groups is 1. The Balaban J connectivity index is 3.39. The van der Waals surface area contributed by atoms with Crippen LogP contribution >= 0.6 is 0 Å². The summed E-state index contributed by atoms with van der Waals surface area (Å²) in [5, 5.41) is 11.4. The van der Waals surface area contributed by atoms with E-state index in [1.165, 1.54) is 8.99 Å². The largest absolute Gasteiger partial charge is 0.387 e. The maximum Gasteiger partial charge on any atom is 0.247 e. The first-order chi connectivity index (χ1) is 8.59. The quantitative estimate of drug-likeness (QED) is 0.603. The van der Waals surface area contributed by atoms with E-state index in [9.17, 15) is 8.42 Å². The molecule has 8 heteroatoms. The van der Waals surface area contributed by atoms with Gasteiger partial charge >= 0.3 is 0 Å². The second kappa shape index (κ2) is 5.30. The third kappa shape index (κ3) is 2.95. The minimum atomic E-state index is -3.71. The van der Waals surface area contributed by atoms with E-state index in [1.54, 1.807) is 34.7 Å². The molecule has 0 aliphatic rings. The third-order valence-electron chi connectivity index (χ3n) is 2.91. The van der Waals surface area contributed by atoms with Crippen LogP contribution in [-0.4, -0.2) is 40.9 Å². The summed E-state index contributed by atoms with van der Waals surface area (Å²) in [5.74, 6) is -0.184. The smallest absolute Gasteiger partial charge is 0.247 e. The predicted molar refractivity (Wildman–Crippen MR) is 73.6 cm³/mol. The molecule has 0 amide bonds. The highest BCUT2D eigenvalue weighted by Gasteiger charge is 2.32. The second-order valence-corrected chi connectivity index (χ2v) is 6.62. The van der Waals surface area contributed by atoms with Crippen LogP contribution in [0, 0.1) is 19.3 Å². The molecule has 0 saturated heterocycles. The number of hydrogen-bond donors (Lipinski definition) is 2. The summed E-state index contributed by atoms with van der Waals surface area (Å²) in [7, 11) is -2.01. The summed E-state index contributed by atoms with van der Waals surface area (Å²) in [6.45, 7) is 6.75. The van der Waals surface area contributed by atoms with Crippen molar-refractivity contribution < 1.29 is 8.42 Å². The van der Waals surface area contributed by atoms with Crippen molar-refractivity contribution in [1.29, 1.82) is 5.41 Å². The number of sulfonamides is 1. The zero-order valence-corrected chi connectivity index (χ0v) is 12.7. The normalized spacial score (nSPS) is 12.4. The number of nitrogens with two attached hydrogens (primary N) is 1. The Morgan fingerprint density at radius 2 is 2.00 bits per heavy atom. The van der Waals surface area contributed by atoms with Gasteiger partial charge < -0.3 is 5.73 Å². The van der Waals surface area contributed by atoms with Crippen LogP contribution < -0.4 is 5.73 Å². The van der Waals surface area contributed by atoms with Crippen LogP contribution in [0.5, 0.6) is 0 Å². The van der Waals surface area contributed by atoms with E-state index in [0.717, 1.165) is 0 Å². The molecule has 0 unspecified atom stereocenters. The molecule has 0 bridgehead atoms. The Hall–Kier alpha value is -1.41. The Bertz CT molecular complexity index is 588. The van der Waals surface area contributed by atoms with Gasteiger partial charge in [0, 0.05) is 13.1 Å². The molecule has 0 aromatic carbocycles. The first-order valence-electron chi connectivity index (χ1n) is 5.94. The van der Waals surface area contributed by atoms with Gasteiger partial charge in [-0.25, -0.2) is 8.42 Å². The summed E-state index contributed by atoms with van der Waals surface area (Å²) >= 11 is 0. The highest BCUT2D eigenvalue weighted by Crippen LogP contribution is 2.24. The zero-order valence-electron chi connectivity index (χ0n) is 11.9. The molecule has 0 spiro atoms. The molecule has 1 heterocycles. The number of aromatic nitrogens is 2. The average molecular weight is 287 g/mol. The minimum absolute atomic E-state index is 0.117.